The van der Waals surface area contributed by atoms with E-state index in [1.54, 1.807) is 14.2 Å². The maximum absolute atomic E-state index is 7.50. The van der Waals surface area contributed by atoms with E-state index in [9.17, 15) is 0 Å². The molecular formula is C20H26CrO7. The third-order valence-electron chi connectivity index (χ3n) is 4.31. The fourth-order valence-electron chi connectivity index (χ4n) is 2.50. The molecule has 0 aromatic heterocycles. The molecule has 0 bridgehead atoms. The summed E-state index contributed by atoms with van der Waals surface area (Å²) in [5, 5.41) is 0. The van der Waals surface area contributed by atoms with Gasteiger partial charge in [-0.1, -0.05) is 30.3 Å². The summed E-state index contributed by atoms with van der Waals surface area (Å²) in [4.78, 5) is 0. The largest absolute Gasteiger partial charge is 0 e. The standard InChI is InChI=1S/C17H26O4.3CO.Cr/c1-16(2,18-5)13-14(17(3,4)19-6)21-15(20-13)12-10-8-7-9-11-12;3*1-2;/h7-11,13-15H,1-6H3;;;;/t13-,14-;;;;/m1..../s1. The molecule has 154 valence electrons. The quantitative estimate of drug-likeness (QED) is 0.529. The number of benzene rings is 1. The monoisotopic (exact) mass is 430 g/mol. The van der Waals surface area contributed by atoms with Crippen molar-refractivity contribution in [3.05, 3.63) is 55.8 Å². The maximum atomic E-state index is 7.50. The Morgan fingerprint density at radius 1 is 0.750 bits per heavy atom. The Balaban J connectivity index is -0.000000815. The Hall–Kier alpha value is -1.19. The van der Waals surface area contributed by atoms with E-state index in [2.05, 4.69) is 20.0 Å². The van der Waals surface area contributed by atoms with Gasteiger partial charge in [-0.2, -0.15) is 0 Å². The molecule has 0 unspecified atom stereocenters. The van der Waals surface area contributed by atoms with E-state index in [0.29, 0.717) is 0 Å². The van der Waals surface area contributed by atoms with Gasteiger partial charge in [0.1, 0.15) is 12.2 Å². The van der Waals surface area contributed by atoms with E-state index in [1.807, 2.05) is 58.0 Å². The predicted octanol–water partition coefficient (Wildman–Crippen LogP) is 3.20. The topological polar surface area (TPSA) is 96.6 Å². The molecule has 1 saturated heterocycles. The summed E-state index contributed by atoms with van der Waals surface area (Å²) < 4.78 is 46.1. The molecular weight excluding hydrogens is 404 g/mol. The third-order valence-corrected chi connectivity index (χ3v) is 4.31. The van der Waals surface area contributed by atoms with Crippen molar-refractivity contribution in [2.75, 3.05) is 14.2 Å². The van der Waals surface area contributed by atoms with Gasteiger partial charge in [0.2, 0.25) is 0 Å². The first-order valence-electron chi connectivity index (χ1n) is 7.89. The van der Waals surface area contributed by atoms with Crippen molar-refractivity contribution in [1.29, 1.82) is 0 Å². The molecule has 1 aliphatic rings. The van der Waals surface area contributed by atoms with Crippen LogP contribution in [-0.4, -0.2) is 37.6 Å². The Morgan fingerprint density at radius 3 is 1.36 bits per heavy atom. The molecule has 2 rings (SSSR count). The second-order valence-corrected chi connectivity index (χ2v) is 6.47. The number of hydrogen-bond acceptors (Lipinski definition) is 4. The van der Waals surface area contributed by atoms with Gasteiger partial charge in [-0.25, -0.2) is 0 Å². The minimum atomic E-state index is -0.468. The van der Waals surface area contributed by atoms with Gasteiger partial charge in [0, 0.05) is 37.1 Å². The average molecular weight is 430 g/mol. The van der Waals surface area contributed by atoms with E-state index in [4.69, 9.17) is 32.9 Å². The second kappa shape index (κ2) is 15.7. The first-order valence-corrected chi connectivity index (χ1v) is 7.89. The molecule has 7 nitrogen and oxygen atoms in total. The van der Waals surface area contributed by atoms with Crippen LogP contribution in [0.15, 0.2) is 30.3 Å². The van der Waals surface area contributed by atoms with E-state index in [0.717, 1.165) is 5.56 Å². The summed E-state index contributed by atoms with van der Waals surface area (Å²) in [6, 6.07) is 9.94. The van der Waals surface area contributed by atoms with Crippen molar-refractivity contribution in [2.24, 2.45) is 0 Å². The van der Waals surface area contributed by atoms with Crippen molar-refractivity contribution in [2.45, 2.75) is 57.4 Å². The zero-order valence-corrected chi connectivity index (χ0v) is 18.2. The number of hydrogen-bond donors (Lipinski definition) is 0. The molecule has 2 atom stereocenters. The molecule has 1 heterocycles. The molecule has 1 aromatic carbocycles. The molecule has 1 aromatic rings. The minimum Gasteiger partial charge on any atom is 0 e. The van der Waals surface area contributed by atoms with Gasteiger partial charge in [0.15, 0.2) is 6.29 Å². The van der Waals surface area contributed by atoms with Crippen LogP contribution in [-0.2, 0) is 50.3 Å². The zero-order valence-electron chi connectivity index (χ0n) is 16.9. The molecule has 0 aliphatic carbocycles. The van der Waals surface area contributed by atoms with Gasteiger partial charge in [-0.05, 0) is 27.7 Å². The maximum Gasteiger partial charge on any atom is 0 e. The SMILES string of the molecule is COC(C)(C)[C@@H]1OC(c2ccccc2)O[C@H]1C(C)(C)OC.[C-]#[O+].[C-]#[O+].[C-]#[O+].[Cr]. The first-order chi connectivity index (χ1) is 12.8. The summed E-state index contributed by atoms with van der Waals surface area (Å²) in [6.45, 7) is 21.5. The third kappa shape index (κ3) is 8.45. The summed E-state index contributed by atoms with van der Waals surface area (Å²) >= 11 is 0. The molecule has 1 aliphatic heterocycles. The minimum absolute atomic E-state index is 0. The summed E-state index contributed by atoms with van der Waals surface area (Å²) in [7, 11) is 3.38. The van der Waals surface area contributed by atoms with Gasteiger partial charge in [0.05, 0.1) is 11.2 Å². The van der Waals surface area contributed by atoms with Crippen LogP contribution in [0.4, 0.5) is 0 Å². The van der Waals surface area contributed by atoms with Gasteiger partial charge in [0.25, 0.3) is 0 Å². The van der Waals surface area contributed by atoms with Crippen molar-refractivity contribution in [3.8, 4) is 0 Å². The van der Waals surface area contributed by atoms with Crippen LogP contribution in [0.2, 0.25) is 0 Å². The van der Waals surface area contributed by atoms with E-state index in [-0.39, 0.29) is 29.6 Å². The van der Waals surface area contributed by atoms with Crippen LogP contribution in [0, 0.1) is 20.0 Å². The zero-order chi connectivity index (χ0) is 21.7. The fourth-order valence-corrected chi connectivity index (χ4v) is 2.50. The van der Waals surface area contributed by atoms with Gasteiger partial charge in [-0.3, -0.25) is 0 Å². The van der Waals surface area contributed by atoms with Crippen LogP contribution in [0.1, 0.15) is 39.5 Å². The Bertz CT molecular complexity index is 543. The van der Waals surface area contributed by atoms with Crippen molar-refractivity contribution >= 4 is 0 Å². The van der Waals surface area contributed by atoms with E-state index >= 15 is 0 Å². The van der Waals surface area contributed by atoms with Gasteiger partial charge < -0.3 is 18.9 Å². The molecule has 28 heavy (non-hydrogen) atoms. The van der Waals surface area contributed by atoms with Crippen LogP contribution in [0.5, 0.6) is 0 Å². The molecule has 0 spiro atoms. The average Bonchev–Trinajstić information content (AvgIpc) is 3.21. The van der Waals surface area contributed by atoms with Crippen LogP contribution in [0.25, 0.3) is 0 Å². The molecule has 1 fully saturated rings. The van der Waals surface area contributed by atoms with Crippen LogP contribution >= 0.6 is 0 Å². The van der Waals surface area contributed by atoms with Gasteiger partial charge in [-0.15, -0.1) is 0 Å². The number of methoxy groups -OCH3 is 2. The summed E-state index contributed by atoms with van der Waals surface area (Å²) in [6.07, 6.45) is -0.838. The Kier molecular flexibility index (Phi) is 17.7. The predicted molar refractivity (Wildman–Crippen MR) is 92.9 cm³/mol. The van der Waals surface area contributed by atoms with Crippen LogP contribution < -0.4 is 0 Å². The van der Waals surface area contributed by atoms with Crippen LogP contribution in [0.3, 0.4) is 0 Å². The Labute approximate surface area is 178 Å². The molecule has 8 heteroatoms. The van der Waals surface area contributed by atoms with Crippen molar-refractivity contribution in [1.82, 2.24) is 0 Å². The number of ether oxygens (including phenoxy) is 4. The molecule has 0 amide bonds. The first kappa shape index (κ1) is 31.5. The van der Waals surface area contributed by atoms with Crippen molar-refractivity contribution in [3.63, 3.8) is 0 Å². The molecule has 0 radical (unpaired) electrons. The normalized spacial score (nSPS) is 18.6. The Morgan fingerprint density at radius 2 is 1.07 bits per heavy atom. The van der Waals surface area contributed by atoms with Crippen molar-refractivity contribution < 1.29 is 50.3 Å². The summed E-state index contributed by atoms with van der Waals surface area (Å²) in [5.41, 5.74) is 0.0670. The molecule has 0 saturated carbocycles. The number of rotatable bonds is 5. The van der Waals surface area contributed by atoms with Gasteiger partial charge >= 0.3 is 33.9 Å². The van der Waals surface area contributed by atoms with E-state index in [1.165, 1.54) is 0 Å². The van der Waals surface area contributed by atoms with E-state index < -0.39 is 17.5 Å². The summed E-state index contributed by atoms with van der Waals surface area (Å²) in [5.74, 6) is 0. The smallest absolute Gasteiger partial charge is 0 e. The fraction of sp³-hybridized carbons (Fsp3) is 0.550. The second-order valence-electron chi connectivity index (χ2n) is 6.47. The molecule has 0 N–H and O–H groups in total.